The Labute approximate surface area is 198 Å². The fraction of sp³-hybridized carbons (Fsp3) is 0.500. The summed E-state index contributed by atoms with van der Waals surface area (Å²) in [6.45, 7) is -0.619. The van der Waals surface area contributed by atoms with Crippen LogP contribution in [-0.4, -0.2) is 94.0 Å². The van der Waals surface area contributed by atoms with Crippen molar-refractivity contribution in [1.82, 2.24) is 19.5 Å². The van der Waals surface area contributed by atoms with E-state index in [1.54, 1.807) is 0 Å². The Morgan fingerprint density at radius 2 is 1.42 bits per heavy atom. The number of hydrogen-bond acceptors (Lipinski definition) is 14. The zero-order valence-electron chi connectivity index (χ0n) is 17.0. The lowest BCUT2D eigenvalue weighted by Gasteiger charge is -2.16. The molecule has 2 aromatic rings. The van der Waals surface area contributed by atoms with Crippen molar-refractivity contribution < 1.29 is 85.7 Å². The number of aromatic hydroxyl groups is 1. The molecule has 1 aliphatic heterocycles. The molecule has 0 unspecified atom stereocenters. The summed E-state index contributed by atoms with van der Waals surface area (Å²) < 4.78 is 58.0. The second-order valence-corrected chi connectivity index (χ2v) is 11.9. The number of phosphoric acid groups is 4. The van der Waals surface area contributed by atoms with Gasteiger partial charge in [-0.15, -0.1) is 0 Å². The number of nitrogens with zero attached hydrogens (tertiary/aromatic N) is 4. The van der Waals surface area contributed by atoms with Crippen LogP contribution in [0, 0.1) is 0 Å². The third kappa shape index (κ3) is 9.25. The number of aliphatic hydroxyl groups excluding tert-OH is 2. The first-order valence-electron chi connectivity index (χ1n) is 8.64. The van der Waals surface area contributed by atoms with Gasteiger partial charge in [-0.1, -0.05) is 0 Å². The van der Waals surface area contributed by atoms with Crippen molar-refractivity contribution in [3.63, 3.8) is 0 Å². The molecule has 1 aliphatic rings. The summed E-state index contributed by atoms with van der Waals surface area (Å²) in [5.41, 5.74) is 0.234. The highest BCUT2D eigenvalue weighted by Crippen LogP contribution is 2.64. The number of ether oxygens (including phenoxy) is 1. The van der Waals surface area contributed by atoms with E-state index >= 15 is 0 Å². The molecule has 0 saturated carbocycles. The van der Waals surface area contributed by atoms with Crippen molar-refractivity contribution in [1.29, 1.82) is 0 Å². The number of aliphatic hydroxyl groups is 2. The van der Waals surface area contributed by atoms with Gasteiger partial charge in [0.25, 0.3) is 0 Å². The largest absolute Gasteiger partial charge is 0.492 e. The van der Waals surface area contributed by atoms with Crippen molar-refractivity contribution in [3.8, 4) is 5.88 Å². The molecule has 206 valence electrons. The molecule has 2 aromatic heterocycles. The van der Waals surface area contributed by atoms with E-state index in [1.165, 1.54) is 10.9 Å². The van der Waals surface area contributed by atoms with Gasteiger partial charge >= 0.3 is 31.3 Å². The molecule has 0 amide bonds. The van der Waals surface area contributed by atoms with E-state index in [2.05, 4.69) is 28.1 Å². The average Bonchev–Trinajstić information content (AvgIpc) is 3.19. The molecule has 1 saturated heterocycles. The van der Waals surface area contributed by atoms with Crippen LogP contribution in [0.5, 0.6) is 5.88 Å². The molecule has 0 aliphatic carbocycles. The van der Waals surface area contributed by atoms with Gasteiger partial charge in [-0.3, -0.25) is 9.09 Å². The molecule has 36 heavy (non-hydrogen) atoms. The highest BCUT2D eigenvalue weighted by Gasteiger charge is 2.45. The minimum atomic E-state index is -5.46. The molecule has 26 heteroatoms. The Morgan fingerprint density at radius 3 is 1.92 bits per heavy atom. The highest BCUT2D eigenvalue weighted by atomic mass is 31.3. The molecule has 10 N–H and O–H groups in total. The number of aromatic nitrogens is 4. The van der Waals surface area contributed by atoms with E-state index in [9.17, 15) is 33.6 Å². The van der Waals surface area contributed by atoms with Crippen molar-refractivity contribution in [2.75, 3.05) is 6.61 Å². The minimum absolute atomic E-state index is 0.0766. The van der Waals surface area contributed by atoms with Gasteiger partial charge in [0.15, 0.2) is 17.4 Å². The predicted molar refractivity (Wildman–Crippen MR) is 107 cm³/mol. The van der Waals surface area contributed by atoms with Crippen LogP contribution in [0.3, 0.4) is 0 Å². The third-order valence-corrected chi connectivity index (χ3v) is 7.62. The molecule has 1 fully saturated rings. The van der Waals surface area contributed by atoms with Gasteiger partial charge in [-0.2, -0.15) is 13.6 Å². The topological polar surface area (TPSA) is 351 Å². The number of phosphoric ester groups is 1. The maximum absolute atomic E-state index is 10.7. The Balaban J connectivity index is 0.000000302. The molecule has 4 atom stereocenters. The zero-order chi connectivity index (χ0) is 27.7. The van der Waals surface area contributed by atoms with Crippen molar-refractivity contribution >= 4 is 42.5 Å². The average molecular weight is 606 g/mol. The Bertz CT molecular complexity index is 1220. The van der Waals surface area contributed by atoms with E-state index in [4.69, 9.17) is 39.0 Å². The van der Waals surface area contributed by atoms with E-state index in [1.807, 2.05) is 0 Å². The van der Waals surface area contributed by atoms with Crippen LogP contribution in [0.2, 0.25) is 0 Å². The first kappa shape index (κ1) is 31.0. The van der Waals surface area contributed by atoms with Gasteiger partial charge < -0.3 is 54.3 Å². The Kier molecular flexibility index (Phi) is 9.67. The molecule has 0 radical (unpaired) electrons. The number of rotatable bonds is 8. The summed E-state index contributed by atoms with van der Waals surface area (Å²) in [5.74, 6) is -0.358. The summed E-state index contributed by atoms with van der Waals surface area (Å²) in [6.07, 6.45) is -2.85. The lowest BCUT2D eigenvalue weighted by atomic mass is 10.1. The number of imidazole rings is 1. The number of hydrogen-bond donors (Lipinski definition) is 10. The van der Waals surface area contributed by atoms with E-state index in [-0.39, 0.29) is 17.0 Å². The molecule has 0 bridgehead atoms. The normalized spacial score (nSPS) is 23.5. The van der Waals surface area contributed by atoms with Crippen molar-refractivity contribution in [3.05, 3.63) is 12.7 Å². The maximum atomic E-state index is 10.7. The summed E-state index contributed by atoms with van der Waals surface area (Å²) >= 11 is 0. The lowest BCUT2D eigenvalue weighted by molar-refractivity contribution is -0.0504. The van der Waals surface area contributed by atoms with Gasteiger partial charge in [-0.25, -0.2) is 28.2 Å². The smallest absolute Gasteiger partial charge is 0.490 e. The van der Waals surface area contributed by atoms with Crippen LogP contribution >= 0.6 is 31.3 Å². The first-order valence-corrected chi connectivity index (χ1v) is 14.7. The summed E-state index contributed by atoms with van der Waals surface area (Å²) in [5, 5.41) is 29.6. The molecule has 3 heterocycles. The second-order valence-electron chi connectivity index (χ2n) is 6.47. The molecule has 22 nitrogen and oxygen atoms in total. The zero-order valence-corrected chi connectivity index (χ0v) is 20.6. The molecular formula is C10H18N4O18P4. The predicted octanol–water partition coefficient (Wildman–Crippen LogP) is -2.43. The SMILES string of the molecule is O=P(O)(O)OC[C@H]1O[C@@H](n2cnc3c(O)ncnc32)[C@H](O)[C@@H]1O.O=P(O)(O)OP(=O)(O)OP(=O)(O)O. The van der Waals surface area contributed by atoms with Crippen molar-refractivity contribution in [2.24, 2.45) is 0 Å². The van der Waals surface area contributed by atoms with Crippen LogP contribution in [-0.2, 0) is 36.1 Å². The van der Waals surface area contributed by atoms with Gasteiger partial charge in [0, 0.05) is 0 Å². The number of fused-ring (bicyclic) bond motifs is 1. The first-order chi connectivity index (χ1) is 16.2. The van der Waals surface area contributed by atoms with Crippen LogP contribution in [0.4, 0.5) is 0 Å². The maximum Gasteiger partial charge on any atom is 0.490 e. The highest BCUT2D eigenvalue weighted by molar-refractivity contribution is 7.66. The van der Waals surface area contributed by atoms with E-state index in [0.717, 1.165) is 6.33 Å². The Morgan fingerprint density at radius 1 is 0.861 bits per heavy atom. The monoisotopic (exact) mass is 606 g/mol. The van der Waals surface area contributed by atoms with Crippen molar-refractivity contribution in [2.45, 2.75) is 24.5 Å². The summed E-state index contributed by atoms with van der Waals surface area (Å²) in [6, 6.07) is 0. The van der Waals surface area contributed by atoms with Crippen LogP contribution in [0.1, 0.15) is 6.23 Å². The third-order valence-electron chi connectivity index (χ3n) is 3.78. The minimum Gasteiger partial charge on any atom is -0.492 e. The molecule has 3 rings (SSSR count). The molecular weight excluding hydrogens is 588 g/mol. The van der Waals surface area contributed by atoms with Gasteiger partial charge in [-0.05, 0) is 0 Å². The van der Waals surface area contributed by atoms with Crippen LogP contribution in [0.15, 0.2) is 12.7 Å². The van der Waals surface area contributed by atoms with E-state index < -0.39 is 62.4 Å². The second kappa shape index (κ2) is 11.2. The fourth-order valence-corrected chi connectivity index (χ4v) is 5.46. The summed E-state index contributed by atoms with van der Waals surface area (Å²) in [4.78, 5) is 68.9. The summed E-state index contributed by atoms with van der Waals surface area (Å²) in [7, 11) is -20.9. The molecule has 0 aromatic carbocycles. The molecule has 0 spiro atoms. The quantitative estimate of drug-likeness (QED) is 0.140. The Hall–Kier alpha value is -1.25. The fourth-order valence-electron chi connectivity index (χ4n) is 2.58. The van der Waals surface area contributed by atoms with Crippen LogP contribution in [0.25, 0.3) is 11.2 Å². The van der Waals surface area contributed by atoms with Crippen LogP contribution < -0.4 is 0 Å². The van der Waals surface area contributed by atoms with Gasteiger partial charge in [0.05, 0.1) is 12.9 Å². The standard InChI is InChI=1S/C10H13N4O8P.H5O10P3/c15-6-4(1-21-23(18,19)20)22-10(7(6)16)14-3-13-5-8(14)11-2-12-9(5)17;1-11(2,3)9-13(7,8)10-12(4,5)6/h2-4,6-7,10,15-16H,1H2,(H,11,12,17)(H2,18,19,20);(H,7,8)(H2,1,2,3)(H2,4,5,6)/t4-,6-,7-,10-;/m1./s1. The van der Waals surface area contributed by atoms with Gasteiger partial charge in [0.1, 0.15) is 24.6 Å². The van der Waals surface area contributed by atoms with Gasteiger partial charge in [0.2, 0.25) is 5.88 Å². The lowest BCUT2D eigenvalue weighted by Crippen LogP contribution is -2.33. The van der Waals surface area contributed by atoms with E-state index in [0.29, 0.717) is 0 Å².